The number of hydrogen-bond acceptors (Lipinski definition) is 8. The number of nitrogens with zero attached hydrogens (tertiary/aromatic N) is 1. The lowest BCUT2D eigenvalue weighted by atomic mass is 9.65. The molecular formula is C44H40B2N4O4. The minimum atomic E-state index is -0.391. The van der Waals surface area contributed by atoms with Crippen LogP contribution in [0.1, 0.15) is 33.3 Å². The molecule has 4 N–H and O–H groups in total. The van der Waals surface area contributed by atoms with Gasteiger partial charge in [-0.25, -0.2) is 0 Å². The molecule has 8 nitrogen and oxygen atoms in total. The number of ether oxygens (including phenoxy) is 2. The molecule has 6 aromatic rings. The van der Waals surface area contributed by atoms with E-state index in [4.69, 9.17) is 14.4 Å². The molecule has 10 heteroatoms. The third kappa shape index (κ3) is 5.82. The minimum Gasteiger partial charge on any atom is -0.506 e. The molecule has 3 aliphatic rings. The number of aliphatic hydroxyl groups is 1. The molecule has 0 radical (unpaired) electrons. The molecule has 1 aliphatic carbocycles. The summed E-state index contributed by atoms with van der Waals surface area (Å²) in [6, 6.07) is 36.1. The molecule has 2 heterocycles. The summed E-state index contributed by atoms with van der Waals surface area (Å²) in [5.41, 5.74) is 5.90. The van der Waals surface area contributed by atoms with E-state index in [1.807, 2.05) is 103 Å². The largest absolute Gasteiger partial charge is 0.506 e. The van der Waals surface area contributed by atoms with E-state index >= 15 is 0 Å². The zero-order valence-corrected chi connectivity index (χ0v) is 30.7. The quantitative estimate of drug-likeness (QED) is 0.128. The second-order valence-corrected chi connectivity index (χ2v) is 15.1. The number of benzene rings is 6. The zero-order valence-electron chi connectivity index (χ0n) is 30.7. The molecule has 6 aromatic carbocycles. The van der Waals surface area contributed by atoms with Crippen molar-refractivity contribution in [2.45, 2.75) is 27.7 Å². The number of rotatable bonds is 9. The lowest BCUT2D eigenvalue weighted by molar-refractivity contribution is -0.109. The van der Waals surface area contributed by atoms with Gasteiger partial charge in [0.05, 0.1) is 29.7 Å². The maximum atomic E-state index is 14.4. The molecule has 0 amide bonds. The molecule has 0 atom stereocenters. The molecule has 0 spiro atoms. The van der Waals surface area contributed by atoms with E-state index in [1.54, 1.807) is 0 Å². The SMILES string of the molecule is CC(C)COc1ccc(B2N=c3/c(=C4/C(=O)C(c5ccc6cccc7c6c5NB(c5ccc(OCC(C)C)cc5)N7)=C4O)ccc4cccc(c34)N2)cc1. The fourth-order valence-electron chi connectivity index (χ4n) is 7.57. The van der Waals surface area contributed by atoms with E-state index in [0.717, 1.165) is 61.0 Å². The number of allylic oxidation sites excluding steroid dienone is 2. The Kier molecular flexibility index (Phi) is 8.33. The van der Waals surface area contributed by atoms with Crippen LogP contribution in [0.25, 0.3) is 32.7 Å². The number of hydrogen-bond donors (Lipinski definition) is 4. The highest BCUT2D eigenvalue weighted by atomic mass is 16.5. The van der Waals surface area contributed by atoms with Crippen molar-refractivity contribution in [2.24, 2.45) is 16.7 Å². The van der Waals surface area contributed by atoms with Crippen molar-refractivity contribution >= 4 is 80.4 Å². The van der Waals surface area contributed by atoms with Crippen LogP contribution in [0.15, 0.2) is 120 Å². The fraction of sp³-hybridized carbons (Fsp3) is 0.182. The Morgan fingerprint density at radius 2 is 1.24 bits per heavy atom. The first-order chi connectivity index (χ1) is 26.2. The lowest BCUT2D eigenvalue weighted by Gasteiger charge is -2.31. The summed E-state index contributed by atoms with van der Waals surface area (Å²) in [6.45, 7) is 9.14. The predicted octanol–water partition coefficient (Wildman–Crippen LogP) is 6.44. The Balaban J connectivity index is 1.13. The summed E-state index contributed by atoms with van der Waals surface area (Å²) in [6.07, 6.45) is 0. The zero-order chi connectivity index (χ0) is 37.1. The van der Waals surface area contributed by atoms with Crippen molar-refractivity contribution in [3.8, 4) is 11.5 Å². The Morgan fingerprint density at radius 1 is 0.648 bits per heavy atom. The number of nitrogens with one attached hydrogen (secondary N) is 3. The Bertz CT molecular complexity index is 2640. The third-order valence-corrected chi connectivity index (χ3v) is 10.2. The van der Waals surface area contributed by atoms with Gasteiger partial charge in [0.2, 0.25) is 5.78 Å². The maximum Gasteiger partial charge on any atom is 0.427 e. The van der Waals surface area contributed by atoms with Crippen LogP contribution in [0.2, 0.25) is 0 Å². The van der Waals surface area contributed by atoms with Gasteiger partial charge in [-0.1, -0.05) is 100 Å². The predicted molar refractivity (Wildman–Crippen MR) is 222 cm³/mol. The molecule has 0 bridgehead atoms. The Hall–Kier alpha value is -6.15. The summed E-state index contributed by atoms with van der Waals surface area (Å²) in [5, 5.41) is 28.0. The second-order valence-electron chi connectivity index (χ2n) is 15.1. The summed E-state index contributed by atoms with van der Waals surface area (Å²) in [7, 11) is 0. The average Bonchev–Trinajstić information content (AvgIpc) is 3.18. The van der Waals surface area contributed by atoms with Gasteiger partial charge in [-0.15, -0.1) is 0 Å². The van der Waals surface area contributed by atoms with Crippen molar-refractivity contribution in [1.82, 2.24) is 0 Å². The standard InChI is InChI=1S/C44H40B2N4O4/c1-25(2)23-53-31-17-13-29(14-18-31)45-47-35-9-5-7-27-11-21-33(41(49-45)37(27)35)39-43(51)40(44(39)52)34-22-12-28-8-6-10-36-38(28)42(34)50-46(48-36)30-15-19-32(20-16-30)54-24-26(3)4/h5-22,25-26,47-49,51H,23-24H2,1-4H3/b40-34+. The van der Waals surface area contributed by atoms with Crippen LogP contribution in [-0.4, -0.2) is 38.1 Å². The van der Waals surface area contributed by atoms with Crippen molar-refractivity contribution < 1.29 is 19.4 Å². The van der Waals surface area contributed by atoms with Crippen molar-refractivity contribution in [3.63, 3.8) is 0 Å². The number of aliphatic hydroxyl groups excluding tert-OH is 1. The lowest BCUT2D eigenvalue weighted by Crippen LogP contribution is -2.48. The van der Waals surface area contributed by atoms with E-state index in [9.17, 15) is 9.90 Å². The molecule has 54 heavy (non-hydrogen) atoms. The Labute approximate surface area is 314 Å². The van der Waals surface area contributed by atoms with Crippen molar-refractivity contribution in [2.75, 3.05) is 28.9 Å². The molecule has 0 saturated carbocycles. The van der Waals surface area contributed by atoms with Gasteiger partial charge in [-0.05, 0) is 69.9 Å². The van der Waals surface area contributed by atoms with Gasteiger partial charge in [0.1, 0.15) is 17.3 Å². The normalized spacial score (nSPS) is 15.6. The van der Waals surface area contributed by atoms with Gasteiger partial charge in [0, 0.05) is 38.6 Å². The van der Waals surface area contributed by atoms with Crippen LogP contribution in [0.3, 0.4) is 0 Å². The highest BCUT2D eigenvalue weighted by Crippen LogP contribution is 2.45. The molecule has 0 fully saturated rings. The molecule has 2 aliphatic heterocycles. The monoisotopic (exact) mass is 710 g/mol. The molecule has 9 rings (SSSR count). The van der Waals surface area contributed by atoms with Gasteiger partial charge < -0.3 is 35.2 Å². The van der Waals surface area contributed by atoms with Crippen LogP contribution >= 0.6 is 0 Å². The van der Waals surface area contributed by atoms with E-state index in [1.165, 1.54) is 0 Å². The molecule has 0 saturated heterocycles. The van der Waals surface area contributed by atoms with E-state index in [2.05, 4.69) is 49.4 Å². The van der Waals surface area contributed by atoms with Crippen LogP contribution in [0.4, 0.5) is 17.1 Å². The summed E-state index contributed by atoms with van der Waals surface area (Å²) in [4.78, 5) is 19.6. The van der Waals surface area contributed by atoms with Crippen LogP contribution in [0, 0.1) is 11.8 Å². The van der Waals surface area contributed by atoms with Crippen molar-refractivity contribution in [1.29, 1.82) is 0 Å². The summed E-state index contributed by atoms with van der Waals surface area (Å²) in [5.74, 6) is 2.26. The van der Waals surface area contributed by atoms with Gasteiger partial charge in [0.25, 0.3) is 0 Å². The number of ketones is 1. The highest BCUT2D eigenvalue weighted by Gasteiger charge is 2.39. The first-order valence-corrected chi connectivity index (χ1v) is 18.7. The van der Waals surface area contributed by atoms with Gasteiger partial charge >= 0.3 is 14.0 Å². The van der Waals surface area contributed by atoms with Crippen LogP contribution in [-0.2, 0) is 4.79 Å². The van der Waals surface area contributed by atoms with Gasteiger partial charge in [0.15, 0.2) is 0 Å². The van der Waals surface area contributed by atoms with Crippen LogP contribution in [0.5, 0.6) is 11.5 Å². The molecule has 0 aromatic heterocycles. The smallest absolute Gasteiger partial charge is 0.427 e. The number of carbonyl (C=O) groups is 1. The molecule has 266 valence electrons. The molecular weight excluding hydrogens is 670 g/mol. The average molecular weight is 710 g/mol. The van der Waals surface area contributed by atoms with Crippen LogP contribution < -0.4 is 46.7 Å². The summed E-state index contributed by atoms with van der Waals surface area (Å²) >= 11 is 0. The first kappa shape index (κ1) is 33.7. The Morgan fingerprint density at radius 3 is 1.87 bits per heavy atom. The van der Waals surface area contributed by atoms with E-state index in [-0.39, 0.29) is 24.1 Å². The minimum absolute atomic E-state index is 0.0263. The number of Topliss-reactive ketones (excluding diaryl/α,β-unsaturated/α-hetero) is 1. The summed E-state index contributed by atoms with van der Waals surface area (Å²) < 4.78 is 11.8. The second kappa shape index (κ2) is 13.4. The fourth-order valence-corrected chi connectivity index (χ4v) is 7.57. The highest BCUT2D eigenvalue weighted by molar-refractivity contribution is 6.80. The van der Waals surface area contributed by atoms with Crippen molar-refractivity contribution in [3.05, 3.63) is 131 Å². The van der Waals surface area contributed by atoms with Gasteiger partial charge in [-0.3, -0.25) is 4.79 Å². The first-order valence-electron chi connectivity index (χ1n) is 18.7. The number of anilines is 3. The molecule has 0 unspecified atom stereocenters. The third-order valence-electron chi connectivity index (χ3n) is 10.2. The topological polar surface area (TPSA) is 104 Å². The van der Waals surface area contributed by atoms with E-state index < -0.39 is 6.98 Å². The maximum absolute atomic E-state index is 14.4. The van der Waals surface area contributed by atoms with Gasteiger partial charge in [-0.2, -0.15) is 0 Å². The number of carbonyl (C=O) groups excluding carboxylic acids is 1. The van der Waals surface area contributed by atoms with E-state index in [0.29, 0.717) is 46.8 Å².